The zero-order valence-corrected chi connectivity index (χ0v) is 22.9. The molecule has 192 valence electrons. The van der Waals surface area contributed by atoms with Crippen LogP contribution >= 0.6 is 0 Å². The van der Waals surface area contributed by atoms with Crippen LogP contribution in [0.4, 0.5) is 0 Å². The van der Waals surface area contributed by atoms with Crippen molar-refractivity contribution in [2.45, 2.75) is 50.4 Å². The highest BCUT2D eigenvalue weighted by atomic mass is 16.1. The van der Waals surface area contributed by atoms with Crippen molar-refractivity contribution in [3.8, 4) is 0 Å². The SMILES string of the molecule is Cc1cc2c3c4c5c(cc(C)c14)C(c1ccccc1)C1=CCC=C1C5C(=O)C3C1=CCC=C1C2c1ccccc1. The fraction of sp³-hybridized carbons (Fsp3) is 0.205. The molecule has 1 heteroatoms. The molecule has 4 aromatic rings. The van der Waals surface area contributed by atoms with Crippen LogP contribution in [-0.4, -0.2) is 5.78 Å². The Bertz CT molecular complexity index is 1790. The highest BCUT2D eigenvalue weighted by molar-refractivity contribution is 6.13. The number of ketones is 1. The molecule has 1 nitrogen and oxygen atoms in total. The third kappa shape index (κ3) is 2.71. The molecule has 0 saturated heterocycles. The third-order valence-electron chi connectivity index (χ3n) is 10.2. The van der Waals surface area contributed by atoms with Crippen LogP contribution in [0.2, 0.25) is 0 Å². The van der Waals surface area contributed by atoms with Crippen LogP contribution in [0.1, 0.15) is 81.0 Å². The molecule has 0 saturated carbocycles. The van der Waals surface area contributed by atoms with E-state index in [1.54, 1.807) is 0 Å². The summed E-state index contributed by atoms with van der Waals surface area (Å²) in [5, 5.41) is 2.73. The first-order chi connectivity index (χ1) is 19.6. The summed E-state index contributed by atoms with van der Waals surface area (Å²) in [5.74, 6) is 0.337. The Hall–Kier alpha value is -4.23. The molecule has 0 N–H and O–H groups in total. The summed E-state index contributed by atoms with van der Waals surface area (Å²) in [7, 11) is 0. The van der Waals surface area contributed by atoms with Gasteiger partial charge in [-0.2, -0.15) is 0 Å². The molecule has 9 rings (SSSR count). The van der Waals surface area contributed by atoms with Crippen molar-refractivity contribution in [1.29, 1.82) is 0 Å². The molecule has 4 aromatic carbocycles. The highest BCUT2D eigenvalue weighted by Gasteiger charge is 2.51. The molecular weight excluding hydrogens is 484 g/mol. The van der Waals surface area contributed by atoms with E-state index in [-0.39, 0.29) is 23.7 Å². The van der Waals surface area contributed by atoms with E-state index in [9.17, 15) is 4.79 Å². The normalized spacial score (nSPS) is 25.2. The van der Waals surface area contributed by atoms with Gasteiger partial charge in [-0.1, -0.05) is 97.1 Å². The Balaban J connectivity index is 1.46. The Morgan fingerprint density at radius 2 is 0.925 bits per heavy atom. The Morgan fingerprint density at radius 1 is 0.525 bits per heavy atom. The predicted octanol–water partition coefficient (Wildman–Crippen LogP) is 9.01. The van der Waals surface area contributed by atoms with Gasteiger partial charge in [-0.25, -0.2) is 0 Å². The van der Waals surface area contributed by atoms with Crippen molar-refractivity contribution in [1.82, 2.24) is 0 Å². The lowest BCUT2D eigenvalue weighted by Gasteiger charge is -2.45. The van der Waals surface area contributed by atoms with Gasteiger partial charge in [0.15, 0.2) is 5.78 Å². The molecule has 0 aromatic heterocycles. The smallest absolute Gasteiger partial charge is 0.156 e. The van der Waals surface area contributed by atoms with Gasteiger partial charge in [0.05, 0.1) is 11.8 Å². The summed E-state index contributed by atoms with van der Waals surface area (Å²) in [4.78, 5) is 15.0. The van der Waals surface area contributed by atoms with Gasteiger partial charge in [-0.15, -0.1) is 0 Å². The largest absolute Gasteiger partial charge is 0.298 e. The van der Waals surface area contributed by atoms with Crippen LogP contribution in [0.5, 0.6) is 0 Å². The number of rotatable bonds is 2. The predicted molar refractivity (Wildman–Crippen MR) is 162 cm³/mol. The minimum absolute atomic E-state index is 0.166. The van der Waals surface area contributed by atoms with Gasteiger partial charge in [0.25, 0.3) is 0 Å². The van der Waals surface area contributed by atoms with E-state index in [1.807, 2.05) is 0 Å². The molecule has 0 amide bonds. The number of carbonyl (C=O) groups is 1. The minimum atomic E-state index is -0.185. The Labute approximate surface area is 235 Å². The van der Waals surface area contributed by atoms with E-state index in [0.717, 1.165) is 12.8 Å². The van der Waals surface area contributed by atoms with Gasteiger partial charge in [0.2, 0.25) is 0 Å². The molecule has 0 fully saturated rings. The average molecular weight is 515 g/mol. The van der Waals surface area contributed by atoms with Crippen molar-refractivity contribution >= 4 is 16.6 Å². The number of aryl methyl sites for hydroxylation is 2. The molecule has 0 spiro atoms. The number of carbonyl (C=O) groups excluding carboxylic acids is 1. The molecule has 0 aliphatic heterocycles. The topological polar surface area (TPSA) is 17.1 Å². The van der Waals surface area contributed by atoms with E-state index in [0.29, 0.717) is 5.78 Å². The van der Waals surface area contributed by atoms with Crippen LogP contribution in [-0.2, 0) is 4.79 Å². The maximum Gasteiger partial charge on any atom is 0.156 e. The van der Waals surface area contributed by atoms with Crippen LogP contribution in [0.15, 0.2) is 119 Å². The van der Waals surface area contributed by atoms with E-state index < -0.39 is 0 Å². The van der Waals surface area contributed by atoms with Gasteiger partial charge < -0.3 is 0 Å². The molecule has 4 atom stereocenters. The van der Waals surface area contributed by atoms with E-state index in [4.69, 9.17) is 0 Å². The fourth-order valence-corrected chi connectivity index (χ4v) is 8.92. The first-order valence-corrected chi connectivity index (χ1v) is 14.7. The second-order valence-electron chi connectivity index (χ2n) is 12.2. The average Bonchev–Trinajstić information content (AvgIpc) is 3.65. The summed E-state index contributed by atoms with van der Waals surface area (Å²) < 4.78 is 0. The third-order valence-corrected chi connectivity index (χ3v) is 10.2. The molecule has 5 aliphatic rings. The first-order valence-electron chi connectivity index (χ1n) is 14.7. The van der Waals surface area contributed by atoms with Crippen molar-refractivity contribution in [3.63, 3.8) is 0 Å². The quantitative estimate of drug-likeness (QED) is 0.261. The number of hydrogen-bond acceptors (Lipinski definition) is 1. The zero-order chi connectivity index (χ0) is 26.7. The Morgan fingerprint density at radius 3 is 1.35 bits per heavy atom. The lowest BCUT2D eigenvalue weighted by molar-refractivity contribution is -0.120. The van der Waals surface area contributed by atoms with Gasteiger partial charge in [0.1, 0.15) is 0 Å². The zero-order valence-electron chi connectivity index (χ0n) is 22.9. The lowest BCUT2D eigenvalue weighted by Crippen LogP contribution is -2.36. The van der Waals surface area contributed by atoms with Gasteiger partial charge >= 0.3 is 0 Å². The molecule has 0 heterocycles. The summed E-state index contributed by atoms with van der Waals surface area (Å²) >= 11 is 0. The van der Waals surface area contributed by atoms with Gasteiger partial charge in [-0.05, 0) is 104 Å². The van der Waals surface area contributed by atoms with Crippen LogP contribution in [0.25, 0.3) is 10.8 Å². The second kappa shape index (κ2) is 7.92. The first kappa shape index (κ1) is 22.6. The minimum Gasteiger partial charge on any atom is -0.298 e. The summed E-state index contributed by atoms with van der Waals surface area (Å²) in [6.45, 7) is 4.56. The van der Waals surface area contributed by atoms with Crippen LogP contribution in [0.3, 0.4) is 0 Å². The summed E-state index contributed by atoms with van der Waals surface area (Å²) in [5.41, 5.74) is 15.8. The number of Topliss-reactive ketones (excluding diaryl/α,β-unsaturated/α-hetero) is 1. The van der Waals surface area contributed by atoms with Gasteiger partial charge in [-0.3, -0.25) is 4.79 Å². The highest BCUT2D eigenvalue weighted by Crippen LogP contribution is 2.63. The molecule has 4 unspecified atom stereocenters. The maximum absolute atomic E-state index is 15.0. The van der Waals surface area contributed by atoms with Crippen LogP contribution < -0.4 is 0 Å². The maximum atomic E-state index is 15.0. The molecule has 5 aliphatic carbocycles. The van der Waals surface area contributed by atoms with Crippen molar-refractivity contribution in [2.24, 2.45) is 0 Å². The summed E-state index contributed by atoms with van der Waals surface area (Å²) in [6, 6.07) is 26.7. The molecular formula is C39H30O. The monoisotopic (exact) mass is 514 g/mol. The standard InChI is InChI=1S/C39H30O/c1-21-19-29-32(23-11-5-3-6-12-23)25-15-9-17-27(25)36-34(29)38-31(21)22(2)20-30-33(24-13-7-4-8-14-24)26-16-10-18-28(26)37(35(30)38)39(36)40/h3-8,11-20,32-33,36-37H,9-10H2,1-2H3. The van der Waals surface area contributed by atoms with E-state index in [1.165, 1.54) is 77.6 Å². The number of fused-ring (bicyclic) bond motifs is 4. The number of allylic oxidation sites excluding steroid dienone is 8. The lowest BCUT2D eigenvalue weighted by atomic mass is 9.56. The number of hydrogen-bond donors (Lipinski definition) is 0. The Kier molecular flexibility index (Phi) is 4.47. The van der Waals surface area contributed by atoms with E-state index >= 15 is 0 Å². The second-order valence-corrected chi connectivity index (χ2v) is 12.2. The fourth-order valence-electron chi connectivity index (χ4n) is 8.92. The molecule has 0 bridgehead atoms. The van der Waals surface area contributed by atoms with Crippen molar-refractivity contribution < 1.29 is 4.79 Å². The van der Waals surface area contributed by atoms with Gasteiger partial charge in [0, 0.05) is 11.8 Å². The van der Waals surface area contributed by atoms with Crippen LogP contribution in [0, 0.1) is 13.8 Å². The summed E-state index contributed by atoms with van der Waals surface area (Å²) in [6.07, 6.45) is 11.3. The van der Waals surface area contributed by atoms with E-state index in [2.05, 4.69) is 111 Å². The molecule has 0 radical (unpaired) electrons. The van der Waals surface area contributed by atoms with Crippen molar-refractivity contribution in [2.75, 3.05) is 0 Å². The van der Waals surface area contributed by atoms with Crippen molar-refractivity contribution in [3.05, 3.63) is 164 Å². The number of benzene rings is 4. The molecule has 40 heavy (non-hydrogen) atoms.